The number of aromatic hydroxyl groups is 1. The molecule has 0 saturated heterocycles. The van der Waals surface area contributed by atoms with Crippen molar-refractivity contribution in [2.75, 3.05) is 11.9 Å². The first-order valence-electron chi connectivity index (χ1n) is 12.6. The van der Waals surface area contributed by atoms with Gasteiger partial charge in [0.25, 0.3) is 5.91 Å². The van der Waals surface area contributed by atoms with Crippen LogP contribution in [-0.4, -0.2) is 36.6 Å². The number of phenolic OH excluding ortho intramolecular Hbond substituents is 1. The highest BCUT2D eigenvalue weighted by atomic mass is 32.2. The van der Waals surface area contributed by atoms with E-state index in [0.29, 0.717) is 5.69 Å². The van der Waals surface area contributed by atoms with Gasteiger partial charge in [-0.05, 0) is 55.0 Å². The molecule has 5 aromatic rings. The number of para-hydroxylation sites is 1. The summed E-state index contributed by atoms with van der Waals surface area (Å²) in [4.78, 5) is 25.0. The quantitative estimate of drug-likeness (QED) is 0.224. The lowest BCUT2D eigenvalue weighted by Gasteiger charge is -2.11. The molecule has 204 valence electrons. The minimum absolute atomic E-state index is 0.0504. The van der Waals surface area contributed by atoms with Crippen LogP contribution in [0.3, 0.4) is 0 Å². The minimum Gasteiger partial charge on any atom is -0.507 e. The van der Waals surface area contributed by atoms with E-state index in [0.717, 1.165) is 46.0 Å². The van der Waals surface area contributed by atoms with Gasteiger partial charge in [0.2, 0.25) is 10.0 Å². The predicted octanol–water partition coefficient (Wildman–Crippen LogP) is 4.79. The number of hydrogen-bond donors (Lipinski definition) is 3. The van der Waals surface area contributed by atoms with E-state index < -0.39 is 34.3 Å². The van der Waals surface area contributed by atoms with E-state index >= 15 is 0 Å². The van der Waals surface area contributed by atoms with Crippen molar-refractivity contribution in [3.8, 4) is 5.75 Å². The molecule has 0 saturated carbocycles. The SMILES string of the molecule is CCn1c2ccccc2c2cc(NC(=O)COC(=O)c3cc(S(=O)(=O)NCc4ccccc4)ccc3O)ccc21. The number of anilines is 1. The van der Waals surface area contributed by atoms with E-state index in [1.165, 1.54) is 6.07 Å². The number of aryl methyl sites for hydroxylation is 1. The smallest absolute Gasteiger partial charge is 0.342 e. The van der Waals surface area contributed by atoms with Crippen molar-refractivity contribution in [1.29, 1.82) is 0 Å². The van der Waals surface area contributed by atoms with Crippen LogP contribution in [0.2, 0.25) is 0 Å². The summed E-state index contributed by atoms with van der Waals surface area (Å²) >= 11 is 0. The second kappa shape index (κ2) is 11.2. The van der Waals surface area contributed by atoms with Crippen LogP contribution in [0.25, 0.3) is 21.8 Å². The van der Waals surface area contributed by atoms with Crippen molar-refractivity contribution in [2.24, 2.45) is 0 Å². The van der Waals surface area contributed by atoms with Crippen LogP contribution >= 0.6 is 0 Å². The highest BCUT2D eigenvalue weighted by Crippen LogP contribution is 2.31. The largest absolute Gasteiger partial charge is 0.507 e. The molecule has 0 radical (unpaired) electrons. The van der Waals surface area contributed by atoms with Gasteiger partial charge in [-0.15, -0.1) is 0 Å². The van der Waals surface area contributed by atoms with Crippen molar-refractivity contribution in [3.05, 3.63) is 102 Å². The summed E-state index contributed by atoms with van der Waals surface area (Å²) in [5.41, 5.74) is 3.05. The molecule has 3 N–H and O–H groups in total. The summed E-state index contributed by atoms with van der Waals surface area (Å²) in [6.07, 6.45) is 0. The fourth-order valence-corrected chi connectivity index (χ4v) is 5.62. The zero-order chi connectivity index (χ0) is 28.3. The van der Waals surface area contributed by atoms with Gasteiger partial charge in [-0.2, -0.15) is 0 Å². The van der Waals surface area contributed by atoms with Crippen molar-refractivity contribution in [2.45, 2.75) is 24.9 Å². The fraction of sp³-hybridized carbons (Fsp3) is 0.133. The van der Waals surface area contributed by atoms with Crippen LogP contribution in [0.15, 0.2) is 95.9 Å². The third-order valence-electron chi connectivity index (χ3n) is 6.51. The number of fused-ring (bicyclic) bond motifs is 3. The molecule has 40 heavy (non-hydrogen) atoms. The van der Waals surface area contributed by atoms with Gasteiger partial charge >= 0.3 is 5.97 Å². The predicted molar refractivity (Wildman–Crippen MR) is 153 cm³/mol. The van der Waals surface area contributed by atoms with Gasteiger partial charge in [0, 0.05) is 40.6 Å². The number of hydrogen-bond acceptors (Lipinski definition) is 6. The van der Waals surface area contributed by atoms with Gasteiger partial charge in [-0.1, -0.05) is 48.5 Å². The standard InChI is InChI=1S/C30H27N3O6S/c1-2-33-26-11-7-6-10-23(26)24-16-21(12-14-27(24)33)32-29(35)19-39-30(36)25-17-22(13-15-28(25)34)40(37,38)31-18-20-8-4-3-5-9-20/h3-17,31,34H,2,18-19H2,1H3,(H,32,35). The topological polar surface area (TPSA) is 127 Å². The molecule has 1 amide bonds. The molecule has 9 nitrogen and oxygen atoms in total. The minimum atomic E-state index is -3.99. The molecule has 0 bridgehead atoms. The number of carbonyl (C=O) groups is 2. The highest BCUT2D eigenvalue weighted by molar-refractivity contribution is 7.89. The van der Waals surface area contributed by atoms with Gasteiger partial charge < -0.3 is 19.7 Å². The van der Waals surface area contributed by atoms with Crippen LogP contribution in [0.5, 0.6) is 5.75 Å². The molecule has 0 aliphatic carbocycles. The Morgan fingerprint density at radius 3 is 2.38 bits per heavy atom. The average Bonchev–Trinajstić information content (AvgIpc) is 3.28. The average molecular weight is 558 g/mol. The maximum atomic E-state index is 12.7. The van der Waals surface area contributed by atoms with Crippen molar-refractivity contribution in [1.82, 2.24) is 9.29 Å². The summed E-state index contributed by atoms with van der Waals surface area (Å²) < 4.78 is 35.2. The molecule has 0 aliphatic rings. The summed E-state index contributed by atoms with van der Waals surface area (Å²) in [7, 11) is -3.99. The first kappa shape index (κ1) is 26.9. The number of nitrogens with one attached hydrogen (secondary N) is 2. The number of sulfonamides is 1. The summed E-state index contributed by atoms with van der Waals surface area (Å²) in [6, 6.07) is 25.8. The molecule has 0 spiro atoms. The number of esters is 1. The van der Waals surface area contributed by atoms with Crippen LogP contribution in [0, 0.1) is 0 Å². The highest BCUT2D eigenvalue weighted by Gasteiger charge is 2.21. The number of aromatic nitrogens is 1. The normalized spacial score (nSPS) is 11.5. The molecule has 0 unspecified atom stereocenters. The lowest BCUT2D eigenvalue weighted by molar-refractivity contribution is -0.119. The molecule has 10 heteroatoms. The van der Waals surface area contributed by atoms with E-state index in [1.54, 1.807) is 30.3 Å². The van der Waals surface area contributed by atoms with Crippen LogP contribution in [0.1, 0.15) is 22.8 Å². The molecule has 0 aliphatic heterocycles. The van der Waals surface area contributed by atoms with Gasteiger partial charge in [-0.3, -0.25) is 4.79 Å². The van der Waals surface area contributed by atoms with Gasteiger partial charge in [0.05, 0.1) is 4.90 Å². The Morgan fingerprint density at radius 2 is 1.60 bits per heavy atom. The first-order valence-corrected chi connectivity index (χ1v) is 14.1. The third-order valence-corrected chi connectivity index (χ3v) is 7.91. The van der Waals surface area contributed by atoms with Crippen LogP contribution in [0.4, 0.5) is 5.69 Å². The number of carbonyl (C=O) groups excluding carboxylic acids is 2. The zero-order valence-corrected chi connectivity index (χ0v) is 22.4. The number of rotatable bonds is 9. The maximum absolute atomic E-state index is 12.7. The Hall–Kier alpha value is -4.67. The molecule has 1 aromatic heterocycles. The van der Waals surface area contributed by atoms with E-state index in [9.17, 15) is 23.1 Å². The Bertz CT molecular complexity index is 1830. The molecular formula is C30H27N3O6S. The van der Waals surface area contributed by atoms with E-state index in [-0.39, 0.29) is 17.0 Å². The molecule has 0 atom stereocenters. The number of ether oxygens (including phenoxy) is 1. The summed E-state index contributed by atoms with van der Waals surface area (Å²) in [6.45, 7) is 2.29. The first-order chi connectivity index (χ1) is 19.3. The van der Waals surface area contributed by atoms with E-state index in [1.807, 2.05) is 42.5 Å². The Kier molecular flexibility index (Phi) is 7.54. The third kappa shape index (κ3) is 5.54. The second-order valence-electron chi connectivity index (χ2n) is 9.11. The number of nitrogens with zero attached hydrogens (tertiary/aromatic N) is 1. The zero-order valence-electron chi connectivity index (χ0n) is 21.6. The molecule has 1 heterocycles. The molecular weight excluding hydrogens is 530 g/mol. The lowest BCUT2D eigenvalue weighted by Crippen LogP contribution is -2.24. The summed E-state index contributed by atoms with van der Waals surface area (Å²) in [5.74, 6) is -2.08. The van der Waals surface area contributed by atoms with Crippen molar-refractivity contribution in [3.63, 3.8) is 0 Å². The Balaban J connectivity index is 1.25. The molecule has 4 aromatic carbocycles. The lowest BCUT2D eigenvalue weighted by atomic mass is 10.1. The van der Waals surface area contributed by atoms with Gasteiger partial charge in [0.1, 0.15) is 11.3 Å². The fourth-order valence-electron chi connectivity index (χ4n) is 4.58. The van der Waals surface area contributed by atoms with E-state index in [2.05, 4.69) is 21.5 Å². The van der Waals surface area contributed by atoms with E-state index in [4.69, 9.17) is 4.74 Å². The second-order valence-corrected chi connectivity index (χ2v) is 10.9. The Morgan fingerprint density at radius 1 is 0.875 bits per heavy atom. The van der Waals surface area contributed by atoms with Gasteiger partial charge in [0.15, 0.2) is 6.61 Å². The van der Waals surface area contributed by atoms with Crippen molar-refractivity contribution >= 4 is 49.4 Å². The number of benzene rings is 4. The summed E-state index contributed by atoms with van der Waals surface area (Å²) in [5, 5.41) is 14.9. The number of amides is 1. The Labute approximate surface area is 231 Å². The monoisotopic (exact) mass is 557 g/mol. The number of phenols is 1. The van der Waals surface area contributed by atoms with Crippen molar-refractivity contribution < 1.29 is 27.9 Å². The van der Waals surface area contributed by atoms with Crippen LogP contribution in [-0.2, 0) is 32.6 Å². The maximum Gasteiger partial charge on any atom is 0.342 e. The van der Waals surface area contributed by atoms with Crippen LogP contribution < -0.4 is 10.0 Å². The molecule has 0 fully saturated rings. The molecule has 5 rings (SSSR count). The van der Waals surface area contributed by atoms with Gasteiger partial charge in [-0.25, -0.2) is 17.9 Å².